The van der Waals surface area contributed by atoms with Crippen LogP contribution in [-0.4, -0.2) is 40.0 Å². The molecule has 0 aliphatic rings. The average Bonchev–Trinajstić information content (AvgIpc) is 2.83. The van der Waals surface area contributed by atoms with Crippen molar-refractivity contribution in [3.63, 3.8) is 0 Å². The standard InChI is InChI=1S/C32H46ClN3O4/c1-12-32(10,11)36(29(38)25(19(2)3)35-30(39)40-31(7,8)9)27(23-17-13-15-20(4)22(23)6)28(37)34-26-21(5)16-14-18-24(26)33/h13-19,25,27H,12H2,1-11H3,(H,34,37)(H,35,39). The first-order valence-electron chi connectivity index (χ1n) is 13.9. The maximum absolute atomic E-state index is 14.5. The number of hydrogen-bond donors (Lipinski definition) is 2. The second kappa shape index (κ2) is 13.1. The lowest BCUT2D eigenvalue weighted by molar-refractivity contribution is -0.148. The highest BCUT2D eigenvalue weighted by molar-refractivity contribution is 6.34. The summed E-state index contributed by atoms with van der Waals surface area (Å²) in [5, 5.41) is 6.21. The van der Waals surface area contributed by atoms with Gasteiger partial charge in [0.2, 0.25) is 5.91 Å². The molecule has 220 valence electrons. The van der Waals surface area contributed by atoms with Gasteiger partial charge in [-0.15, -0.1) is 0 Å². The largest absolute Gasteiger partial charge is 0.444 e. The van der Waals surface area contributed by atoms with Gasteiger partial charge < -0.3 is 20.3 Å². The second-order valence-corrected chi connectivity index (χ2v) is 12.8. The Kier molecular flexibility index (Phi) is 10.8. The molecule has 0 fully saturated rings. The molecule has 0 heterocycles. The van der Waals surface area contributed by atoms with Crippen LogP contribution in [0.3, 0.4) is 0 Å². The zero-order valence-electron chi connectivity index (χ0n) is 25.9. The Morgan fingerprint density at radius 2 is 1.52 bits per heavy atom. The van der Waals surface area contributed by atoms with E-state index < -0.39 is 29.3 Å². The van der Waals surface area contributed by atoms with E-state index in [2.05, 4.69) is 10.6 Å². The second-order valence-electron chi connectivity index (χ2n) is 12.4. The fourth-order valence-corrected chi connectivity index (χ4v) is 4.76. The van der Waals surface area contributed by atoms with Crippen LogP contribution in [0, 0.1) is 26.7 Å². The zero-order chi connectivity index (χ0) is 30.6. The van der Waals surface area contributed by atoms with Crippen molar-refractivity contribution in [2.75, 3.05) is 5.32 Å². The molecular weight excluding hydrogens is 526 g/mol. The predicted octanol–water partition coefficient (Wildman–Crippen LogP) is 7.51. The highest BCUT2D eigenvalue weighted by Crippen LogP contribution is 2.36. The summed E-state index contributed by atoms with van der Waals surface area (Å²) in [4.78, 5) is 43.3. The number of anilines is 1. The summed E-state index contributed by atoms with van der Waals surface area (Å²) < 4.78 is 5.48. The lowest BCUT2D eigenvalue weighted by Gasteiger charge is -2.45. The molecule has 2 atom stereocenters. The fraction of sp³-hybridized carbons (Fsp3) is 0.531. The van der Waals surface area contributed by atoms with Gasteiger partial charge in [0.05, 0.1) is 10.7 Å². The van der Waals surface area contributed by atoms with Gasteiger partial charge in [0.25, 0.3) is 5.91 Å². The third-order valence-corrected chi connectivity index (χ3v) is 7.59. The van der Waals surface area contributed by atoms with Crippen molar-refractivity contribution in [1.82, 2.24) is 10.2 Å². The van der Waals surface area contributed by atoms with Gasteiger partial charge in [-0.05, 0) is 96.0 Å². The first-order chi connectivity index (χ1) is 18.4. The molecule has 0 radical (unpaired) electrons. The highest BCUT2D eigenvalue weighted by atomic mass is 35.5. The molecule has 0 aliphatic heterocycles. The lowest BCUT2D eigenvalue weighted by Crippen LogP contribution is -2.60. The molecule has 3 amide bonds. The molecule has 2 aromatic rings. The predicted molar refractivity (Wildman–Crippen MR) is 163 cm³/mol. The summed E-state index contributed by atoms with van der Waals surface area (Å²) in [6.07, 6.45) is -0.122. The number of halogens is 1. The zero-order valence-corrected chi connectivity index (χ0v) is 26.6. The Bertz CT molecular complexity index is 1210. The van der Waals surface area contributed by atoms with E-state index in [-0.39, 0.29) is 17.7 Å². The summed E-state index contributed by atoms with van der Waals surface area (Å²) in [7, 11) is 0. The number of alkyl carbamates (subject to hydrolysis) is 1. The van der Waals surface area contributed by atoms with E-state index in [9.17, 15) is 14.4 Å². The molecule has 0 aromatic heterocycles. The van der Waals surface area contributed by atoms with Crippen LogP contribution in [0.5, 0.6) is 0 Å². The van der Waals surface area contributed by atoms with Crippen molar-refractivity contribution in [3.8, 4) is 0 Å². The summed E-state index contributed by atoms with van der Waals surface area (Å²) >= 11 is 6.49. The van der Waals surface area contributed by atoms with Crippen LogP contribution in [-0.2, 0) is 14.3 Å². The molecule has 0 spiro atoms. The minimum atomic E-state index is -1.00. The molecule has 7 nitrogen and oxygen atoms in total. The van der Waals surface area contributed by atoms with Gasteiger partial charge in [0.1, 0.15) is 17.7 Å². The van der Waals surface area contributed by atoms with E-state index in [0.717, 1.165) is 16.7 Å². The average molecular weight is 572 g/mol. The molecular formula is C32H46ClN3O4. The van der Waals surface area contributed by atoms with Crippen molar-refractivity contribution in [3.05, 3.63) is 63.7 Å². The summed E-state index contributed by atoms with van der Waals surface area (Å²) in [6.45, 7) is 20.7. The van der Waals surface area contributed by atoms with Crippen molar-refractivity contribution in [1.29, 1.82) is 0 Å². The number of ether oxygens (including phenoxy) is 1. The van der Waals surface area contributed by atoms with Gasteiger partial charge in [0, 0.05) is 5.54 Å². The van der Waals surface area contributed by atoms with Crippen LogP contribution < -0.4 is 10.6 Å². The maximum Gasteiger partial charge on any atom is 0.408 e. The maximum atomic E-state index is 14.5. The summed E-state index contributed by atoms with van der Waals surface area (Å²) in [5.41, 5.74) is 2.43. The first kappa shape index (κ1) is 33.1. The Balaban J connectivity index is 2.74. The van der Waals surface area contributed by atoms with Gasteiger partial charge in [-0.1, -0.05) is 62.7 Å². The lowest BCUT2D eigenvalue weighted by atomic mass is 9.88. The molecule has 2 aromatic carbocycles. The molecule has 0 saturated carbocycles. The van der Waals surface area contributed by atoms with Crippen molar-refractivity contribution in [2.45, 2.75) is 106 Å². The first-order valence-corrected chi connectivity index (χ1v) is 14.2. The molecule has 2 unspecified atom stereocenters. The van der Waals surface area contributed by atoms with Crippen LogP contribution in [0.4, 0.5) is 10.5 Å². The van der Waals surface area contributed by atoms with Crippen LogP contribution in [0.1, 0.15) is 90.1 Å². The smallest absolute Gasteiger partial charge is 0.408 e. The summed E-state index contributed by atoms with van der Waals surface area (Å²) in [6, 6.07) is 9.22. The third kappa shape index (κ3) is 8.00. The molecule has 0 bridgehead atoms. The normalized spacial score (nSPS) is 13.4. The SMILES string of the molecule is CCC(C)(C)N(C(=O)C(NC(=O)OC(C)(C)C)C(C)C)C(C(=O)Nc1c(C)cccc1Cl)c1cccc(C)c1C. The molecule has 2 N–H and O–H groups in total. The van der Waals surface area contributed by atoms with Gasteiger partial charge in [-0.25, -0.2) is 4.79 Å². The van der Waals surface area contributed by atoms with Crippen LogP contribution in [0.25, 0.3) is 0 Å². The topological polar surface area (TPSA) is 87.7 Å². The fourth-order valence-electron chi connectivity index (χ4n) is 4.49. The number of benzene rings is 2. The van der Waals surface area contributed by atoms with Crippen LogP contribution >= 0.6 is 11.6 Å². The molecule has 0 aliphatic carbocycles. The van der Waals surface area contributed by atoms with Crippen LogP contribution in [0.15, 0.2) is 36.4 Å². The molecule has 40 heavy (non-hydrogen) atoms. The number of rotatable bonds is 9. The van der Waals surface area contributed by atoms with Crippen LogP contribution in [0.2, 0.25) is 5.02 Å². The molecule has 8 heteroatoms. The number of hydrogen-bond acceptors (Lipinski definition) is 4. The number of nitrogens with zero attached hydrogens (tertiary/aromatic N) is 1. The van der Waals surface area contributed by atoms with E-state index in [4.69, 9.17) is 16.3 Å². The number of carbonyl (C=O) groups excluding carboxylic acids is 3. The Morgan fingerprint density at radius 1 is 0.950 bits per heavy atom. The summed E-state index contributed by atoms with van der Waals surface area (Å²) in [5.74, 6) is -1.03. The number of carbonyl (C=O) groups is 3. The van der Waals surface area contributed by atoms with E-state index in [1.807, 2.05) is 85.7 Å². The molecule has 2 rings (SSSR count). The van der Waals surface area contributed by atoms with Crippen molar-refractivity contribution in [2.24, 2.45) is 5.92 Å². The van der Waals surface area contributed by atoms with Gasteiger partial charge in [-0.2, -0.15) is 0 Å². The number of para-hydroxylation sites is 1. The minimum absolute atomic E-state index is 0.275. The van der Waals surface area contributed by atoms with E-state index in [1.54, 1.807) is 31.7 Å². The Hall–Kier alpha value is -3.06. The Labute approximate surface area is 245 Å². The van der Waals surface area contributed by atoms with Gasteiger partial charge in [-0.3, -0.25) is 9.59 Å². The monoisotopic (exact) mass is 571 g/mol. The van der Waals surface area contributed by atoms with E-state index in [1.165, 1.54) is 0 Å². The van der Waals surface area contributed by atoms with E-state index in [0.29, 0.717) is 22.7 Å². The van der Waals surface area contributed by atoms with Gasteiger partial charge >= 0.3 is 6.09 Å². The minimum Gasteiger partial charge on any atom is -0.444 e. The molecule has 0 saturated heterocycles. The van der Waals surface area contributed by atoms with Crippen molar-refractivity contribution >= 4 is 35.2 Å². The quantitative estimate of drug-likeness (QED) is 0.326. The van der Waals surface area contributed by atoms with Gasteiger partial charge in [0.15, 0.2) is 0 Å². The van der Waals surface area contributed by atoms with E-state index >= 15 is 0 Å². The number of nitrogens with one attached hydrogen (secondary N) is 2. The highest BCUT2D eigenvalue weighted by Gasteiger charge is 2.44. The third-order valence-electron chi connectivity index (χ3n) is 7.28. The van der Waals surface area contributed by atoms with Crippen molar-refractivity contribution < 1.29 is 19.1 Å². The Morgan fingerprint density at radius 3 is 2.05 bits per heavy atom. The number of aryl methyl sites for hydroxylation is 2. The number of amides is 3.